The molecule has 1 amide bonds. The third-order valence-corrected chi connectivity index (χ3v) is 4.41. The highest BCUT2D eigenvalue weighted by atomic mass is 16.2. The monoisotopic (exact) mass is 239 g/mol. The zero-order valence-corrected chi connectivity index (χ0v) is 11.2. The average molecular weight is 239 g/mol. The highest BCUT2D eigenvalue weighted by Gasteiger charge is 2.37. The van der Waals surface area contributed by atoms with Crippen LogP contribution in [0.3, 0.4) is 0 Å². The van der Waals surface area contributed by atoms with Crippen LogP contribution in [0.4, 0.5) is 0 Å². The van der Waals surface area contributed by atoms with Gasteiger partial charge in [0, 0.05) is 25.2 Å². The van der Waals surface area contributed by atoms with Gasteiger partial charge in [-0.1, -0.05) is 6.92 Å². The van der Waals surface area contributed by atoms with Gasteiger partial charge in [0.2, 0.25) is 5.91 Å². The molecule has 0 saturated carbocycles. The molecule has 0 spiro atoms. The summed E-state index contributed by atoms with van der Waals surface area (Å²) in [5.41, 5.74) is 0. The van der Waals surface area contributed by atoms with E-state index in [2.05, 4.69) is 22.5 Å². The molecule has 17 heavy (non-hydrogen) atoms. The van der Waals surface area contributed by atoms with Crippen LogP contribution in [0.5, 0.6) is 0 Å². The number of piperidine rings is 1. The molecule has 3 atom stereocenters. The molecule has 0 radical (unpaired) electrons. The third-order valence-electron chi connectivity index (χ3n) is 4.41. The van der Waals surface area contributed by atoms with Gasteiger partial charge in [0.05, 0.1) is 6.04 Å². The van der Waals surface area contributed by atoms with Gasteiger partial charge >= 0.3 is 0 Å². The van der Waals surface area contributed by atoms with Crippen LogP contribution in [0.15, 0.2) is 0 Å². The number of nitrogens with one attached hydrogen (secondary N) is 2. The lowest BCUT2D eigenvalue weighted by Crippen LogP contribution is -2.54. The van der Waals surface area contributed by atoms with Crippen LogP contribution in [-0.2, 0) is 4.79 Å². The largest absolute Gasteiger partial charge is 0.358 e. The van der Waals surface area contributed by atoms with Crippen LogP contribution in [0.1, 0.15) is 39.5 Å². The first kappa shape index (κ1) is 12.8. The summed E-state index contributed by atoms with van der Waals surface area (Å²) < 4.78 is 0. The first-order valence-corrected chi connectivity index (χ1v) is 6.89. The van der Waals surface area contributed by atoms with Crippen molar-refractivity contribution in [1.82, 2.24) is 15.5 Å². The molecular formula is C13H25N3O. The minimum Gasteiger partial charge on any atom is -0.358 e. The first-order valence-electron chi connectivity index (χ1n) is 6.89. The minimum absolute atomic E-state index is 0.00694. The van der Waals surface area contributed by atoms with Crippen molar-refractivity contribution in [3.63, 3.8) is 0 Å². The second-order valence-electron chi connectivity index (χ2n) is 5.38. The van der Waals surface area contributed by atoms with E-state index in [1.165, 1.54) is 25.7 Å². The smallest absolute Gasteiger partial charge is 0.236 e. The van der Waals surface area contributed by atoms with E-state index in [-0.39, 0.29) is 11.9 Å². The van der Waals surface area contributed by atoms with Crippen molar-refractivity contribution in [2.45, 2.75) is 63.7 Å². The molecule has 0 aromatic rings. The number of fused-ring (bicyclic) bond motifs is 2. The van der Waals surface area contributed by atoms with Crippen molar-refractivity contribution in [2.75, 3.05) is 13.6 Å². The number of amides is 1. The second kappa shape index (κ2) is 5.36. The maximum atomic E-state index is 11.8. The van der Waals surface area contributed by atoms with Crippen LogP contribution in [0, 0.1) is 0 Å². The Morgan fingerprint density at radius 2 is 2.00 bits per heavy atom. The number of nitrogens with zero attached hydrogens (tertiary/aromatic N) is 1. The van der Waals surface area contributed by atoms with Gasteiger partial charge in [-0.05, 0) is 39.2 Å². The van der Waals surface area contributed by atoms with Crippen LogP contribution in [0.2, 0.25) is 0 Å². The molecule has 2 aliphatic rings. The Balaban J connectivity index is 2.00. The number of hydrogen-bond acceptors (Lipinski definition) is 3. The first-order chi connectivity index (χ1) is 8.15. The maximum absolute atomic E-state index is 11.8. The number of carbonyl (C=O) groups excluding carboxylic acids is 1. The van der Waals surface area contributed by atoms with Crippen molar-refractivity contribution < 1.29 is 4.79 Å². The summed E-state index contributed by atoms with van der Waals surface area (Å²) in [6.45, 7) is 5.13. The molecule has 3 unspecified atom stereocenters. The molecule has 4 nitrogen and oxygen atoms in total. The summed E-state index contributed by atoms with van der Waals surface area (Å²) in [6, 6.07) is 1.94. The van der Waals surface area contributed by atoms with Crippen LogP contribution >= 0.6 is 0 Å². The fraction of sp³-hybridized carbons (Fsp3) is 0.923. The van der Waals surface area contributed by atoms with Gasteiger partial charge < -0.3 is 10.6 Å². The summed E-state index contributed by atoms with van der Waals surface area (Å²) >= 11 is 0. The molecular weight excluding hydrogens is 214 g/mol. The molecule has 2 aliphatic heterocycles. The normalized spacial score (nSPS) is 33.8. The van der Waals surface area contributed by atoms with Gasteiger partial charge in [0.1, 0.15) is 0 Å². The SMILES string of the molecule is CCN(C1CC2CCC(C1)N2)C(C)C(=O)NC. The molecule has 0 aromatic carbocycles. The minimum atomic E-state index is -0.00694. The lowest BCUT2D eigenvalue weighted by molar-refractivity contribution is -0.126. The summed E-state index contributed by atoms with van der Waals surface area (Å²) in [7, 11) is 1.72. The Morgan fingerprint density at radius 3 is 2.47 bits per heavy atom. The van der Waals surface area contributed by atoms with Gasteiger partial charge in [0.25, 0.3) is 0 Å². The van der Waals surface area contributed by atoms with Gasteiger partial charge in [-0.3, -0.25) is 9.69 Å². The van der Waals surface area contributed by atoms with Crippen molar-refractivity contribution in [2.24, 2.45) is 0 Å². The molecule has 2 bridgehead atoms. The summed E-state index contributed by atoms with van der Waals surface area (Å²) in [6.07, 6.45) is 5.03. The Bertz CT molecular complexity index is 270. The molecule has 0 aromatic heterocycles. The van der Waals surface area contributed by atoms with Crippen molar-refractivity contribution in [3.05, 3.63) is 0 Å². The summed E-state index contributed by atoms with van der Waals surface area (Å²) in [5.74, 6) is 0.137. The molecule has 98 valence electrons. The second-order valence-corrected chi connectivity index (χ2v) is 5.38. The van der Waals surface area contributed by atoms with E-state index in [1.54, 1.807) is 7.05 Å². The van der Waals surface area contributed by atoms with E-state index < -0.39 is 0 Å². The third kappa shape index (κ3) is 2.63. The topological polar surface area (TPSA) is 44.4 Å². The Labute approximate surface area is 104 Å². The molecule has 2 heterocycles. The number of hydrogen-bond donors (Lipinski definition) is 2. The van der Waals surface area contributed by atoms with Crippen LogP contribution < -0.4 is 10.6 Å². The predicted molar refractivity (Wildman–Crippen MR) is 68.9 cm³/mol. The van der Waals surface area contributed by atoms with Crippen LogP contribution in [-0.4, -0.2) is 48.6 Å². The van der Waals surface area contributed by atoms with E-state index >= 15 is 0 Å². The van der Waals surface area contributed by atoms with Crippen molar-refractivity contribution in [3.8, 4) is 0 Å². The molecule has 2 saturated heterocycles. The average Bonchev–Trinajstić information content (AvgIpc) is 2.68. The van der Waals surface area contributed by atoms with E-state index in [9.17, 15) is 4.79 Å². The highest BCUT2D eigenvalue weighted by Crippen LogP contribution is 2.30. The molecule has 0 aliphatic carbocycles. The van der Waals surface area contributed by atoms with Crippen LogP contribution in [0.25, 0.3) is 0 Å². The Morgan fingerprint density at radius 1 is 1.41 bits per heavy atom. The fourth-order valence-electron chi connectivity index (χ4n) is 3.51. The van der Waals surface area contributed by atoms with Gasteiger partial charge in [-0.25, -0.2) is 0 Å². The Kier molecular flexibility index (Phi) is 4.05. The van der Waals surface area contributed by atoms with E-state index in [0.717, 1.165) is 6.54 Å². The van der Waals surface area contributed by atoms with Crippen molar-refractivity contribution in [1.29, 1.82) is 0 Å². The highest BCUT2D eigenvalue weighted by molar-refractivity contribution is 5.81. The van der Waals surface area contributed by atoms with Gasteiger partial charge in [-0.15, -0.1) is 0 Å². The van der Waals surface area contributed by atoms with Gasteiger partial charge in [-0.2, -0.15) is 0 Å². The molecule has 4 heteroatoms. The number of likely N-dealkylation sites (N-methyl/N-ethyl adjacent to an activating group) is 2. The van der Waals surface area contributed by atoms with E-state index in [0.29, 0.717) is 18.1 Å². The van der Waals surface area contributed by atoms with Gasteiger partial charge in [0.15, 0.2) is 0 Å². The predicted octanol–water partition coefficient (Wildman–Crippen LogP) is 0.726. The quantitative estimate of drug-likeness (QED) is 0.760. The maximum Gasteiger partial charge on any atom is 0.236 e. The molecule has 2 N–H and O–H groups in total. The Hall–Kier alpha value is -0.610. The standard InChI is InChI=1S/C13H25N3O/c1-4-16(9(2)13(17)14-3)12-7-10-5-6-11(8-12)15-10/h9-12,15H,4-8H2,1-3H3,(H,14,17). The fourth-order valence-corrected chi connectivity index (χ4v) is 3.51. The molecule has 2 fully saturated rings. The summed E-state index contributed by atoms with van der Waals surface area (Å²) in [5, 5.41) is 6.41. The zero-order chi connectivity index (χ0) is 12.4. The lowest BCUT2D eigenvalue weighted by Gasteiger charge is -2.39. The van der Waals surface area contributed by atoms with Crippen molar-refractivity contribution >= 4 is 5.91 Å². The summed E-state index contributed by atoms with van der Waals surface area (Å²) in [4.78, 5) is 14.1. The number of rotatable bonds is 4. The van der Waals surface area contributed by atoms with E-state index in [4.69, 9.17) is 0 Å². The lowest BCUT2D eigenvalue weighted by atomic mass is 9.96. The number of carbonyl (C=O) groups is 1. The molecule has 2 rings (SSSR count). The van der Waals surface area contributed by atoms with E-state index in [1.807, 2.05) is 6.92 Å². The zero-order valence-electron chi connectivity index (χ0n) is 11.2.